The fourth-order valence-corrected chi connectivity index (χ4v) is 1.64. The summed E-state index contributed by atoms with van der Waals surface area (Å²) >= 11 is 0. The van der Waals surface area contributed by atoms with E-state index in [1.54, 1.807) is 7.11 Å². The van der Waals surface area contributed by atoms with Gasteiger partial charge in [-0.3, -0.25) is 4.79 Å². The first-order valence-electron chi connectivity index (χ1n) is 5.68. The van der Waals surface area contributed by atoms with Crippen LogP contribution in [0.2, 0.25) is 0 Å². The maximum atomic E-state index is 10.5. The number of carboxylic acids is 1. The van der Waals surface area contributed by atoms with Crippen molar-refractivity contribution in [1.29, 1.82) is 0 Å². The van der Waals surface area contributed by atoms with Crippen LogP contribution in [0.1, 0.15) is 30.0 Å². The zero-order valence-corrected chi connectivity index (χ0v) is 10.1. The van der Waals surface area contributed by atoms with E-state index in [9.17, 15) is 4.79 Å². The van der Waals surface area contributed by atoms with Gasteiger partial charge in [-0.15, -0.1) is 0 Å². The highest BCUT2D eigenvalue weighted by Gasteiger charge is 2.08. The molecule has 0 radical (unpaired) electrons. The summed E-state index contributed by atoms with van der Waals surface area (Å²) in [5.74, 6) is -0.809. The number of methoxy groups -OCH3 is 1. The monoisotopic (exact) mass is 237 g/mol. The summed E-state index contributed by atoms with van der Waals surface area (Å²) in [6.45, 7) is 0.674. The molecule has 17 heavy (non-hydrogen) atoms. The average molecular weight is 237 g/mol. The molecule has 0 amide bonds. The molecule has 0 spiro atoms. The van der Waals surface area contributed by atoms with Gasteiger partial charge in [-0.05, 0) is 24.0 Å². The second-order valence-corrected chi connectivity index (χ2v) is 4.03. The number of aliphatic carboxylic acids is 1. The molecule has 3 N–H and O–H groups in total. The quantitative estimate of drug-likeness (QED) is 0.757. The van der Waals surface area contributed by atoms with Gasteiger partial charge in [0, 0.05) is 19.6 Å². The first-order valence-corrected chi connectivity index (χ1v) is 5.68. The van der Waals surface area contributed by atoms with E-state index < -0.39 is 5.97 Å². The number of hydrogen-bond acceptors (Lipinski definition) is 3. The van der Waals surface area contributed by atoms with Crippen molar-refractivity contribution in [3.63, 3.8) is 0 Å². The van der Waals surface area contributed by atoms with Crippen molar-refractivity contribution in [2.75, 3.05) is 13.7 Å². The summed E-state index contributed by atoms with van der Waals surface area (Å²) in [5, 5.41) is 8.61. The van der Waals surface area contributed by atoms with Crippen LogP contribution in [0.15, 0.2) is 24.3 Å². The third kappa shape index (κ3) is 4.97. The predicted octanol–water partition coefficient (Wildman–Crippen LogP) is 1.74. The number of benzene rings is 1. The van der Waals surface area contributed by atoms with Gasteiger partial charge >= 0.3 is 5.97 Å². The average Bonchev–Trinajstić information content (AvgIpc) is 2.33. The van der Waals surface area contributed by atoms with E-state index in [4.69, 9.17) is 15.6 Å². The third-order valence-corrected chi connectivity index (χ3v) is 2.64. The Bertz CT molecular complexity index is 365. The van der Waals surface area contributed by atoms with Crippen molar-refractivity contribution in [1.82, 2.24) is 0 Å². The van der Waals surface area contributed by atoms with Crippen molar-refractivity contribution in [3.8, 4) is 0 Å². The summed E-state index contributed by atoms with van der Waals surface area (Å²) in [7, 11) is 1.67. The predicted molar refractivity (Wildman–Crippen MR) is 65.8 cm³/mol. The summed E-state index contributed by atoms with van der Waals surface area (Å²) in [6, 6.07) is 7.70. The van der Waals surface area contributed by atoms with Crippen LogP contribution in [0.4, 0.5) is 0 Å². The maximum absolute atomic E-state index is 10.5. The highest BCUT2D eigenvalue weighted by atomic mass is 16.5. The molecule has 1 aromatic rings. The second-order valence-electron chi connectivity index (χ2n) is 4.03. The number of ether oxygens (including phenoxy) is 1. The zero-order valence-electron chi connectivity index (χ0n) is 10.1. The molecule has 0 aliphatic rings. The van der Waals surface area contributed by atoms with Crippen LogP contribution >= 0.6 is 0 Å². The number of carbonyl (C=O) groups is 1. The van der Waals surface area contributed by atoms with E-state index >= 15 is 0 Å². The molecule has 4 nitrogen and oxygen atoms in total. The van der Waals surface area contributed by atoms with Crippen molar-refractivity contribution in [3.05, 3.63) is 35.4 Å². The summed E-state index contributed by atoms with van der Waals surface area (Å²) in [4.78, 5) is 10.5. The number of rotatable bonds is 7. The van der Waals surface area contributed by atoms with Gasteiger partial charge in [0.1, 0.15) is 0 Å². The minimum atomic E-state index is -0.809. The zero-order chi connectivity index (χ0) is 12.7. The van der Waals surface area contributed by atoms with Crippen LogP contribution in [0.3, 0.4) is 0 Å². The van der Waals surface area contributed by atoms with Gasteiger partial charge in [0.15, 0.2) is 0 Å². The normalized spacial score (nSPS) is 12.4. The van der Waals surface area contributed by atoms with E-state index in [-0.39, 0.29) is 12.5 Å². The maximum Gasteiger partial charge on any atom is 0.303 e. The van der Waals surface area contributed by atoms with Gasteiger partial charge < -0.3 is 15.6 Å². The lowest BCUT2D eigenvalue weighted by Gasteiger charge is -2.12. The minimum absolute atomic E-state index is 0.101. The summed E-state index contributed by atoms with van der Waals surface area (Å²) in [6.07, 6.45) is 1.41. The van der Waals surface area contributed by atoms with Gasteiger partial charge in [0.2, 0.25) is 0 Å². The van der Waals surface area contributed by atoms with Gasteiger partial charge in [-0.2, -0.15) is 0 Å². The topological polar surface area (TPSA) is 72.5 Å². The van der Waals surface area contributed by atoms with E-state index in [2.05, 4.69) is 0 Å². The van der Waals surface area contributed by atoms with Gasteiger partial charge in [0.25, 0.3) is 0 Å². The first kappa shape index (κ1) is 13.7. The van der Waals surface area contributed by atoms with E-state index in [1.165, 1.54) is 0 Å². The Morgan fingerprint density at radius 1 is 1.53 bits per heavy atom. The molecule has 1 atom stereocenters. The molecule has 0 saturated carbocycles. The van der Waals surface area contributed by atoms with Crippen molar-refractivity contribution >= 4 is 5.97 Å². The Hall–Kier alpha value is -1.39. The lowest BCUT2D eigenvalue weighted by Crippen LogP contribution is -2.12. The third-order valence-electron chi connectivity index (χ3n) is 2.64. The van der Waals surface area contributed by atoms with Crippen molar-refractivity contribution in [2.45, 2.75) is 25.3 Å². The van der Waals surface area contributed by atoms with Crippen LogP contribution in [-0.4, -0.2) is 24.8 Å². The standard InChI is InChI=1S/C13H19NO3/c1-17-8-7-10-3-2-4-11(9-10)12(14)5-6-13(15)16/h2-4,9,12H,5-8,14H2,1H3,(H,15,16). The Morgan fingerprint density at radius 3 is 2.94 bits per heavy atom. The number of carboxylic acid groups (broad SMARTS) is 1. The molecule has 1 rings (SSSR count). The molecule has 0 aliphatic carbocycles. The number of nitrogens with two attached hydrogens (primary N) is 1. The molecule has 1 unspecified atom stereocenters. The number of hydrogen-bond donors (Lipinski definition) is 2. The van der Waals surface area contributed by atoms with Crippen LogP contribution < -0.4 is 5.73 Å². The van der Waals surface area contributed by atoms with Gasteiger partial charge in [-0.1, -0.05) is 24.3 Å². The minimum Gasteiger partial charge on any atom is -0.481 e. The Balaban J connectivity index is 2.60. The molecule has 0 saturated heterocycles. The second kappa shape index (κ2) is 7.04. The summed E-state index contributed by atoms with van der Waals surface area (Å²) in [5.41, 5.74) is 8.09. The molecular formula is C13H19NO3. The van der Waals surface area contributed by atoms with Crippen molar-refractivity contribution in [2.24, 2.45) is 5.73 Å². The Morgan fingerprint density at radius 2 is 2.29 bits per heavy atom. The SMILES string of the molecule is COCCc1cccc(C(N)CCC(=O)O)c1. The van der Waals surface area contributed by atoms with Gasteiger partial charge in [0.05, 0.1) is 6.61 Å². The largest absolute Gasteiger partial charge is 0.481 e. The van der Waals surface area contributed by atoms with E-state index in [0.717, 1.165) is 17.5 Å². The highest BCUT2D eigenvalue weighted by molar-refractivity contribution is 5.66. The van der Waals surface area contributed by atoms with E-state index in [1.807, 2.05) is 24.3 Å². The Kier molecular flexibility index (Phi) is 5.66. The molecule has 94 valence electrons. The molecular weight excluding hydrogens is 218 g/mol. The molecule has 0 aromatic heterocycles. The molecule has 0 heterocycles. The van der Waals surface area contributed by atoms with Crippen LogP contribution in [0.25, 0.3) is 0 Å². The molecule has 0 bridgehead atoms. The van der Waals surface area contributed by atoms with Crippen LogP contribution in [0, 0.1) is 0 Å². The first-order chi connectivity index (χ1) is 8.13. The molecule has 0 fully saturated rings. The molecule has 0 aliphatic heterocycles. The van der Waals surface area contributed by atoms with Gasteiger partial charge in [-0.25, -0.2) is 0 Å². The fourth-order valence-electron chi connectivity index (χ4n) is 1.64. The lowest BCUT2D eigenvalue weighted by atomic mass is 10.00. The molecule has 4 heteroatoms. The van der Waals surface area contributed by atoms with Crippen LogP contribution in [0.5, 0.6) is 0 Å². The van der Waals surface area contributed by atoms with E-state index in [0.29, 0.717) is 13.0 Å². The fraction of sp³-hybridized carbons (Fsp3) is 0.462. The van der Waals surface area contributed by atoms with Crippen molar-refractivity contribution < 1.29 is 14.6 Å². The highest BCUT2D eigenvalue weighted by Crippen LogP contribution is 2.17. The lowest BCUT2D eigenvalue weighted by molar-refractivity contribution is -0.137. The van der Waals surface area contributed by atoms with Crippen LogP contribution in [-0.2, 0) is 16.0 Å². The summed E-state index contributed by atoms with van der Waals surface area (Å²) < 4.78 is 5.02. The molecule has 1 aromatic carbocycles. The Labute approximate surface area is 101 Å². The smallest absolute Gasteiger partial charge is 0.303 e.